The van der Waals surface area contributed by atoms with Crippen LogP contribution < -0.4 is 5.32 Å². The van der Waals surface area contributed by atoms with Gasteiger partial charge in [0, 0.05) is 24.9 Å². The molecule has 1 aromatic carbocycles. The number of non-ortho nitro benzene ring substituents is 1. The second-order valence-electron chi connectivity index (χ2n) is 3.29. The van der Waals surface area contributed by atoms with Gasteiger partial charge in [-0.25, -0.2) is 0 Å². The van der Waals surface area contributed by atoms with Crippen LogP contribution in [0.2, 0.25) is 0 Å². The number of aliphatic hydroxyl groups is 1. The maximum atomic E-state index is 10.5. The molecule has 0 aliphatic carbocycles. The summed E-state index contributed by atoms with van der Waals surface area (Å²) in [6.45, 7) is 0.232. The zero-order valence-electron chi connectivity index (χ0n) is 8.92. The number of benzene rings is 1. The number of anilines is 1. The summed E-state index contributed by atoms with van der Waals surface area (Å²) >= 11 is 0. The van der Waals surface area contributed by atoms with E-state index in [0.717, 1.165) is 0 Å². The van der Waals surface area contributed by atoms with E-state index in [2.05, 4.69) is 5.32 Å². The lowest BCUT2D eigenvalue weighted by molar-refractivity contribution is -0.384. The molecule has 2 N–H and O–H groups in total. The smallest absolute Gasteiger partial charge is 0.271 e. The van der Waals surface area contributed by atoms with Crippen molar-refractivity contribution in [2.75, 3.05) is 25.6 Å². The molecule has 0 heterocycles. The largest absolute Gasteiger partial charge is 0.394 e. The highest BCUT2D eigenvalue weighted by molar-refractivity contribution is 5.51. The minimum atomic E-state index is -0.463. The molecule has 6 nitrogen and oxygen atoms in total. The van der Waals surface area contributed by atoms with Crippen molar-refractivity contribution in [1.82, 2.24) is 0 Å². The van der Waals surface area contributed by atoms with Gasteiger partial charge in [-0.3, -0.25) is 10.1 Å². The molecule has 0 amide bonds. The Morgan fingerprint density at radius 3 is 2.94 bits per heavy atom. The van der Waals surface area contributed by atoms with E-state index in [-0.39, 0.29) is 18.3 Å². The third-order valence-electron chi connectivity index (χ3n) is 2.02. The zero-order valence-corrected chi connectivity index (χ0v) is 8.92. The first-order valence-electron chi connectivity index (χ1n) is 4.78. The maximum Gasteiger partial charge on any atom is 0.271 e. The topological polar surface area (TPSA) is 84.6 Å². The van der Waals surface area contributed by atoms with Crippen molar-refractivity contribution in [3.63, 3.8) is 0 Å². The summed E-state index contributed by atoms with van der Waals surface area (Å²) in [6.07, 6.45) is 0. The molecule has 0 aromatic heterocycles. The lowest BCUT2D eigenvalue weighted by atomic mass is 10.2. The minimum absolute atomic E-state index is 0.0131. The zero-order chi connectivity index (χ0) is 12.0. The summed E-state index contributed by atoms with van der Waals surface area (Å²) in [5.41, 5.74) is 0.601. The van der Waals surface area contributed by atoms with Gasteiger partial charge in [-0.2, -0.15) is 0 Å². The highest BCUT2D eigenvalue weighted by atomic mass is 16.6. The lowest BCUT2D eigenvalue weighted by Crippen LogP contribution is -2.28. The van der Waals surface area contributed by atoms with Crippen LogP contribution in [0.4, 0.5) is 11.4 Å². The van der Waals surface area contributed by atoms with Crippen molar-refractivity contribution < 1.29 is 14.8 Å². The third-order valence-corrected chi connectivity index (χ3v) is 2.02. The monoisotopic (exact) mass is 226 g/mol. The number of nitrogens with zero attached hydrogens (tertiary/aromatic N) is 1. The summed E-state index contributed by atoms with van der Waals surface area (Å²) in [4.78, 5) is 10.1. The Kier molecular flexibility index (Phi) is 4.68. The molecule has 1 rings (SSSR count). The molecule has 6 heteroatoms. The molecule has 0 spiro atoms. The Bertz CT molecular complexity index is 356. The van der Waals surface area contributed by atoms with Gasteiger partial charge in [0.2, 0.25) is 0 Å². The van der Waals surface area contributed by atoms with Gasteiger partial charge >= 0.3 is 0 Å². The van der Waals surface area contributed by atoms with Crippen molar-refractivity contribution >= 4 is 11.4 Å². The average molecular weight is 226 g/mol. The predicted octanol–water partition coefficient (Wildman–Crippen LogP) is 1.01. The molecule has 0 radical (unpaired) electrons. The predicted molar refractivity (Wildman–Crippen MR) is 59.5 cm³/mol. The summed E-state index contributed by atoms with van der Waals surface area (Å²) in [7, 11) is 1.53. The van der Waals surface area contributed by atoms with Gasteiger partial charge in [0.25, 0.3) is 5.69 Å². The SMILES string of the molecule is COCC(CO)Nc1cccc([N+](=O)[O-])c1. The molecule has 0 aliphatic rings. The van der Waals surface area contributed by atoms with Crippen molar-refractivity contribution in [3.05, 3.63) is 34.4 Å². The molecular weight excluding hydrogens is 212 g/mol. The first kappa shape index (κ1) is 12.4. The van der Waals surface area contributed by atoms with Crippen LogP contribution in [0.5, 0.6) is 0 Å². The van der Waals surface area contributed by atoms with Crippen LogP contribution in [-0.4, -0.2) is 36.4 Å². The molecule has 1 atom stereocenters. The van der Waals surface area contributed by atoms with Gasteiger partial charge in [-0.1, -0.05) is 6.07 Å². The van der Waals surface area contributed by atoms with Gasteiger partial charge in [0.05, 0.1) is 24.2 Å². The summed E-state index contributed by atoms with van der Waals surface area (Å²) < 4.78 is 4.89. The van der Waals surface area contributed by atoms with Crippen LogP contribution in [-0.2, 0) is 4.74 Å². The van der Waals surface area contributed by atoms with Crippen molar-refractivity contribution in [2.24, 2.45) is 0 Å². The van der Waals surface area contributed by atoms with Gasteiger partial charge in [0.1, 0.15) is 0 Å². The number of nitrogens with one attached hydrogen (secondary N) is 1. The number of nitro benzene ring substituents is 1. The standard InChI is InChI=1S/C10H14N2O4/c1-16-7-9(6-13)11-8-3-2-4-10(5-8)12(14)15/h2-5,9,11,13H,6-7H2,1H3. The molecule has 1 aromatic rings. The van der Waals surface area contributed by atoms with Crippen LogP contribution in [0.15, 0.2) is 24.3 Å². The third kappa shape index (κ3) is 3.48. The summed E-state index contributed by atoms with van der Waals surface area (Å²) in [6, 6.07) is 5.84. The Morgan fingerprint density at radius 1 is 1.62 bits per heavy atom. The Hall–Kier alpha value is -1.66. The first-order chi connectivity index (χ1) is 7.67. The molecule has 0 aliphatic heterocycles. The van der Waals surface area contributed by atoms with Crippen LogP contribution in [0, 0.1) is 10.1 Å². The van der Waals surface area contributed by atoms with Gasteiger partial charge in [-0.15, -0.1) is 0 Å². The number of aliphatic hydroxyl groups excluding tert-OH is 1. The fourth-order valence-electron chi connectivity index (χ4n) is 1.29. The molecule has 0 saturated heterocycles. The van der Waals surface area contributed by atoms with E-state index < -0.39 is 4.92 Å². The lowest BCUT2D eigenvalue weighted by Gasteiger charge is -2.16. The molecule has 88 valence electrons. The molecule has 16 heavy (non-hydrogen) atoms. The number of hydrogen-bond donors (Lipinski definition) is 2. The highest BCUT2D eigenvalue weighted by Crippen LogP contribution is 2.17. The second kappa shape index (κ2) is 6.04. The highest BCUT2D eigenvalue weighted by Gasteiger charge is 2.09. The van der Waals surface area contributed by atoms with E-state index in [4.69, 9.17) is 9.84 Å². The number of ether oxygens (including phenoxy) is 1. The van der Waals surface area contributed by atoms with Crippen LogP contribution in [0.1, 0.15) is 0 Å². The van der Waals surface area contributed by atoms with Crippen molar-refractivity contribution in [2.45, 2.75) is 6.04 Å². The molecule has 0 bridgehead atoms. The van der Waals surface area contributed by atoms with E-state index >= 15 is 0 Å². The Morgan fingerprint density at radius 2 is 2.38 bits per heavy atom. The van der Waals surface area contributed by atoms with Gasteiger partial charge < -0.3 is 15.2 Å². The maximum absolute atomic E-state index is 10.5. The van der Waals surface area contributed by atoms with E-state index in [1.165, 1.54) is 19.2 Å². The average Bonchev–Trinajstić information content (AvgIpc) is 2.29. The summed E-state index contributed by atoms with van der Waals surface area (Å²) in [5.74, 6) is 0. The Labute approximate surface area is 93.0 Å². The van der Waals surface area contributed by atoms with Crippen LogP contribution in [0.25, 0.3) is 0 Å². The van der Waals surface area contributed by atoms with Gasteiger partial charge in [-0.05, 0) is 6.07 Å². The van der Waals surface area contributed by atoms with E-state index in [9.17, 15) is 10.1 Å². The quantitative estimate of drug-likeness (QED) is 0.558. The Balaban J connectivity index is 2.72. The molecule has 0 fully saturated rings. The van der Waals surface area contributed by atoms with Crippen molar-refractivity contribution in [3.8, 4) is 0 Å². The van der Waals surface area contributed by atoms with E-state index in [0.29, 0.717) is 12.3 Å². The molecule has 1 unspecified atom stereocenters. The number of rotatable bonds is 6. The molecule has 0 saturated carbocycles. The fourth-order valence-corrected chi connectivity index (χ4v) is 1.29. The van der Waals surface area contributed by atoms with E-state index in [1.807, 2.05) is 0 Å². The number of methoxy groups -OCH3 is 1. The fraction of sp³-hybridized carbons (Fsp3) is 0.400. The number of hydrogen-bond acceptors (Lipinski definition) is 5. The number of nitro groups is 1. The first-order valence-corrected chi connectivity index (χ1v) is 4.78. The second-order valence-corrected chi connectivity index (χ2v) is 3.29. The van der Waals surface area contributed by atoms with Gasteiger partial charge in [0.15, 0.2) is 0 Å². The van der Waals surface area contributed by atoms with Crippen molar-refractivity contribution in [1.29, 1.82) is 0 Å². The molecular formula is C10H14N2O4. The summed E-state index contributed by atoms with van der Waals surface area (Å²) in [5, 5.41) is 22.5. The minimum Gasteiger partial charge on any atom is -0.394 e. The van der Waals surface area contributed by atoms with Crippen LogP contribution in [0.3, 0.4) is 0 Å². The normalized spacial score (nSPS) is 12.1. The van der Waals surface area contributed by atoms with Crippen LogP contribution >= 0.6 is 0 Å². The van der Waals surface area contributed by atoms with E-state index in [1.54, 1.807) is 12.1 Å².